The number of anilines is 1. The second-order valence-electron chi connectivity index (χ2n) is 6.96. The Balaban J connectivity index is 1.67. The Morgan fingerprint density at radius 3 is 2.57 bits per heavy atom. The van der Waals surface area contributed by atoms with Crippen LogP contribution >= 0.6 is 0 Å². The van der Waals surface area contributed by atoms with Crippen LogP contribution in [0.15, 0.2) is 42.5 Å². The number of fused-ring (bicyclic) bond motifs is 1. The molecule has 0 spiro atoms. The highest BCUT2D eigenvalue weighted by molar-refractivity contribution is 7.89. The Morgan fingerprint density at radius 2 is 1.89 bits per heavy atom. The number of carbonyl (C=O) groups is 1. The monoisotopic (exact) mass is 402 g/mol. The molecule has 0 unspecified atom stereocenters. The van der Waals surface area contributed by atoms with Crippen LogP contribution in [0.25, 0.3) is 0 Å². The first-order valence-corrected chi connectivity index (χ1v) is 11.0. The van der Waals surface area contributed by atoms with Crippen molar-refractivity contribution in [3.05, 3.63) is 59.2 Å². The van der Waals surface area contributed by atoms with Crippen molar-refractivity contribution in [3.63, 3.8) is 0 Å². The maximum absolute atomic E-state index is 12.4. The number of nitrogens with one attached hydrogen (secondary N) is 1. The first-order chi connectivity index (χ1) is 13.4. The molecule has 1 aliphatic heterocycles. The van der Waals surface area contributed by atoms with Gasteiger partial charge in [0.1, 0.15) is 5.75 Å². The average molecular weight is 403 g/mol. The summed E-state index contributed by atoms with van der Waals surface area (Å²) >= 11 is 0. The van der Waals surface area contributed by atoms with Crippen LogP contribution in [0.5, 0.6) is 5.75 Å². The van der Waals surface area contributed by atoms with Crippen molar-refractivity contribution >= 4 is 21.6 Å². The molecular weight excluding hydrogens is 376 g/mol. The summed E-state index contributed by atoms with van der Waals surface area (Å²) in [5.74, 6) is 0.804. The van der Waals surface area contributed by atoms with Crippen molar-refractivity contribution in [3.8, 4) is 5.75 Å². The van der Waals surface area contributed by atoms with Gasteiger partial charge in [0.05, 0.1) is 19.3 Å². The van der Waals surface area contributed by atoms with E-state index in [9.17, 15) is 13.2 Å². The van der Waals surface area contributed by atoms with Crippen LogP contribution in [0.2, 0.25) is 0 Å². The van der Waals surface area contributed by atoms with Crippen LogP contribution in [0, 0.1) is 0 Å². The first kappa shape index (κ1) is 20.4. The number of nitrogens with zero attached hydrogens (tertiary/aromatic N) is 1. The van der Waals surface area contributed by atoms with E-state index < -0.39 is 10.0 Å². The summed E-state index contributed by atoms with van der Waals surface area (Å²) in [6.45, 7) is 2.74. The van der Waals surface area contributed by atoms with E-state index in [2.05, 4.69) is 5.32 Å². The molecule has 2 aromatic rings. The van der Waals surface area contributed by atoms with Gasteiger partial charge in [0.15, 0.2) is 0 Å². The smallest absolute Gasteiger partial charge is 0.228 e. The summed E-state index contributed by atoms with van der Waals surface area (Å²) in [6.07, 6.45) is 1.56. The van der Waals surface area contributed by atoms with Crippen molar-refractivity contribution in [2.45, 2.75) is 32.7 Å². The van der Waals surface area contributed by atoms with Crippen molar-refractivity contribution in [2.75, 3.05) is 24.7 Å². The van der Waals surface area contributed by atoms with Gasteiger partial charge in [0, 0.05) is 18.8 Å². The number of hydrogen-bond donors (Lipinski definition) is 1. The maximum Gasteiger partial charge on any atom is 0.228 e. The number of hydrogen-bond acceptors (Lipinski definition) is 4. The molecule has 28 heavy (non-hydrogen) atoms. The number of rotatable bonds is 7. The summed E-state index contributed by atoms with van der Waals surface area (Å²) in [4.78, 5) is 12.4. The molecule has 0 saturated carbocycles. The number of benzene rings is 2. The zero-order chi connectivity index (χ0) is 20.1. The molecule has 0 radical (unpaired) electrons. The Hall–Kier alpha value is -2.38. The Bertz CT molecular complexity index is 939. The van der Waals surface area contributed by atoms with Crippen molar-refractivity contribution < 1.29 is 17.9 Å². The molecule has 0 aromatic heterocycles. The minimum atomic E-state index is -3.22. The first-order valence-electron chi connectivity index (χ1n) is 9.43. The third-order valence-corrected chi connectivity index (χ3v) is 6.87. The molecular formula is C21H26N2O4S. The van der Waals surface area contributed by atoms with Gasteiger partial charge in [-0.2, -0.15) is 4.31 Å². The van der Waals surface area contributed by atoms with E-state index >= 15 is 0 Å². The molecule has 0 fully saturated rings. The molecule has 0 saturated heterocycles. The molecule has 0 atom stereocenters. The molecule has 0 bridgehead atoms. The van der Waals surface area contributed by atoms with Gasteiger partial charge in [-0.3, -0.25) is 4.79 Å². The maximum atomic E-state index is 12.4. The predicted molar refractivity (Wildman–Crippen MR) is 110 cm³/mol. The lowest BCUT2D eigenvalue weighted by molar-refractivity contribution is -0.115. The van der Waals surface area contributed by atoms with Gasteiger partial charge in [-0.25, -0.2) is 8.42 Å². The number of carbonyl (C=O) groups excluding carboxylic acids is 1. The molecule has 1 aliphatic rings. The minimum Gasteiger partial charge on any atom is -0.497 e. The summed E-state index contributed by atoms with van der Waals surface area (Å²) < 4.78 is 31.4. The van der Waals surface area contributed by atoms with Crippen molar-refractivity contribution in [1.82, 2.24) is 4.31 Å². The Labute approximate surface area is 166 Å². The molecule has 6 nitrogen and oxygen atoms in total. The highest BCUT2D eigenvalue weighted by atomic mass is 32.2. The van der Waals surface area contributed by atoms with Crippen molar-refractivity contribution in [2.24, 2.45) is 0 Å². The van der Waals surface area contributed by atoms with E-state index in [1.807, 2.05) is 49.4 Å². The highest BCUT2D eigenvalue weighted by Gasteiger charge is 2.26. The van der Waals surface area contributed by atoms with Crippen LogP contribution in [0.1, 0.15) is 30.0 Å². The van der Waals surface area contributed by atoms with Gasteiger partial charge in [0.2, 0.25) is 15.9 Å². The lowest BCUT2D eigenvalue weighted by Crippen LogP contribution is -2.37. The Kier molecular flexibility index (Phi) is 6.36. The fourth-order valence-corrected chi connectivity index (χ4v) is 4.85. The third-order valence-electron chi connectivity index (χ3n) is 4.85. The number of ether oxygens (including phenoxy) is 1. The molecule has 1 heterocycles. The summed E-state index contributed by atoms with van der Waals surface area (Å²) in [6, 6.07) is 13.1. The standard InChI is InChI=1S/C21H26N2O4S/c1-3-12-28(25,26)23-11-10-17-6-7-19(14-18(17)15-23)22-21(24)13-16-4-8-20(27-2)9-5-16/h4-9,14H,3,10-13,15H2,1-2H3,(H,22,24). The normalized spacial score (nSPS) is 14.4. The summed E-state index contributed by atoms with van der Waals surface area (Å²) in [5.41, 5.74) is 3.67. The Morgan fingerprint density at radius 1 is 1.14 bits per heavy atom. The average Bonchev–Trinajstić information content (AvgIpc) is 2.68. The van der Waals surface area contributed by atoms with Gasteiger partial charge in [-0.1, -0.05) is 25.1 Å². The van der Waals surface area contributed by atoms with Gasteiger partial charge in [-0.05, 0) is 53.8 Å². The van der Waals surface area contributed by atoms with Crippen LogP contribution in [0.3, 0.4) is 0 Å². The van der Waals surface area contributed by atoms with Gasteiger partial charge in [-0.15, -0.1) is 0 Å². The third kappa shape index (κ3) is 4.91. The number of sulfonamides is 1. The minimum absolute atomic E-state index is 0.114. The molecule has 3 rings (SSSR count). The van der Waals surface area contributed by atoms with E-state index in [1.54, 1.807) is 11.4 Å². The van der Waals surface area contributed by atoms with Crippen LogP contribution in [-0.4, -0.2) is 38.0 Å². The topological polar surface area (TPSA) is 75.7 Å². The van der Waals surface area contributed by atoms with E-state index in [0.717, 1.165) is 22.4 Å². The quantitative estimate of drug-likeness (QED) is 0.773. The molecule has 7 heteroatoms. The highest BCUT2D eigenvalue weighted by Crippen LogP contribution is 2.25. The predicted octanol–water partition coefficient (Wildman–Crippen LogP) is 2.97. The van der Waals surface area contributed by atoms with E-state index in [-0.39, 0.29) is 18.1 Å². The van der Waals surface area contributed by atoms with Crippen LogP contribution in [-0.2, 0) is 34.2 Å². The van der Waals surface area contributed by atoms with Crippen LogP contribution in [0.4, 0.5) is 5.69 Å². The zero-order valence-electron chi connectivity index (χ0n) is 16.3. The second kappa shape index (κ2) is 8.75. The molecule has 1 N–H and O–H groups in total. The van der Waals surface area contributed by atoms with Crippen LogP contribution < -0.4 is 10.1 Å². The SMILES string of the molecule is CCCS(=O)(=O)N1CCc2ccc(NC(=O)Cc3ccc(OC)cc3)cc2C1. The van der Waals surface area contributed by atoms with Gasteiger partial charge < -0.3 is 10.1 Å². The fraction of sp³-hybridized carbons (Fsp3) is 0.381. The molecule has 0 aliphatic carbocycles. The number of amides is 1. The molecule has 2 aromatic carbocycles. The zero-order valence-corrected chi connectivity index (χ0v) is 17.1. The fourth-order valence-electron chi connectivity index (χ4n) is 3.37. The lowest BCUT2D eigenvalue weighted by Gasteiger charge is -2.28. The molecule has 150 valence electrons. The van der Waals surface area contributed by atoms with E-state index in [4.69, 9.17) is 4.74 Å². The van der Waals surface area contributed by atoms with E-state index in [1.165, 1.54) is 0 Å². The molecule has 1 amide bonds. The summed E-state index contributed by atoms with van der Waals surface area (Å²) in [5, 5.41) is 2.91. The largest absolute Gasteiger partial charge is 0.497 e. The van der Waals surface area contributed by atoms with Gasteiger partial charge in [0.25, 0.3) is 0 Å². The van der Waals surface area contributed by atoms with Gasteiger partial charge >= 0.3 is 0 Å². The number of methoxy groups -OCH3 is 1. The van der Waals surface area contributed by atoms with Crippen molar-refractivity contribution in [1.29, 1.82) is 0 Å². The second-order valence-corrected chi connectivity index (χ2v) is 9.04. The summed E-state index contributed by atoms with van der Waals surface area (Å²) in [7, 11) is -1.62. The van der Waals surface area contributed by atoms with E-state index in [0.29, 0.717) is 31.6 Å². The lowest BCUT2D eigenvalue weighted by atomic mass is 10.0.